The highest BCUT2D eigenvalue weighted by Crippen LogP contribution is 2.33. The van der Waals surface area contributed by atoms with Gasteiger partial charge in [-0.2, -0.15) is 4.98 Å². The minimum atomic E-state index is -0.319. The van der Waals surface area contributed by atoms with Crippen LogP contribution >= 0.6 is 11.6 Å². The van der Waals surface area contributed by atoms with Crippen molar-refractivity contribution in [1.82, 2.24) is 9.97 Å². The number of Topliss-reactive ketones (excluding diaryl/α,β-unsaturated/α-hetero) is 1. The number of hydrogen-bond donors (Lipinski definition) is 2. The van der Waals surface area contributed by atoms with E-state index in [0.717, 1.165) is 11.3 Å². The van der Waals surface area contributed by atoms with Crippen molar-refractivity contribution in [2.75, 3.05) is 10.6 Å². The fourth-order valence-electron chi connectivity index (χ4n) is 3.45. The van der Waals surface area contributed by atoms with E-state index in [1.54, 1.807) is 12.1 Å². The zero-order valence-corrected chi connectivity index (χ0v) is 16.8. The predicted octanol–water partition coefficient (Wildman–Crippen LogP) is 5.83. The van der Waals surface area contributed by atoms with Crippen LogP contribution in [0.25, 0.3) is 0 Å². The summed E-state index contributed by atoms with van der Waals surface area (Å²) in [4.78, 5) is 21.9. The van der Waals surface area contributed by atoms with Gasteiger partial charge in [0.25, 0.3) is 0 Å². The van der Waals surface area contributed by atoms with Gasteiger partial charge in [-0.1, -0.05) is 24.6 Å². The number of nitrogens with zero attached hydrogens (tertiary/aromatic N) is 2. The molecule has 0 amide bonds. The first-order chi connectivity index (χ1) is 13.9. The van der Waals surface area contributed by atoms with E-state index in [2.05, 4.69) is 20.6 Å². The Hall–Kier alpha value is -2.99. The SMILES string of the molecule is Cc1c(Cl)cccc1Nc1nc(Nc2ccc(F)cc2)nc2c1C(=O)CC(C)C2. The average molecular weight is 411 g/mol. The van der Waals surface area contributed by atoms with Crippen molar-refractivity contribution >= 4 is 40.5 Å². The van der Waals surface area contributed by atoms with Crippen molar-refractivity contribution in [1.29, 1.82) is 0 Å². The summed E-state index contributed by atoms with van der Waals surface area (Å²) in [6.45, 7) is 3.93. The molecule has 0 saturated carbocycles. The first-order valence-corrected chi connectivity index (χ1v) is 9.77. The number of hydrogen-bond acceptors (Lipinski definition) is 5. The summed E-state index contributed by atoms with van der Waals surface area (Å²) in [6.07, 6.45) is 1.15. The molecule has 1 atom stereocenters. The molecule has 1 heterocycles. The standard InChI is InChI=1S/C22H20ClFN4O/c1-12-10-18-20(19(29)11-12)21(26-17-5-3-4-16(23)13(17)2)28-22(27-18)25-15-8-6-14(24)7-9-15/h3-9,12H,10-11H2,1-2H3,(H2,25,26,27,28). The van der Waals surface area contributed by atoms with Crippen molar-refractivity contribution in [2.45, 2.75) is 26.7 Å². The van der Waals surface area contributed by atoms with Crippen LogP contribution in [0.1, 0.15) is 35.0 Å². The summed E-state index contributed by atoms with van der Waals surface area (Å²) in [5.41, 5.74) is 3.53. The monoisotopic (exact) mass is 410 g/mol. The summed E-state index contributed by atoms with van der Waals surface area (Å²) in [6, 6.07) is 11.5. The van der Waals surface area contributed by atoms with E-state index in [-0.39, 0.29) is 17.5 Å². The topological polar surface area (TPSA) is 66.9 Å². The van der Waals surface area contributed by atoms with Crippen LogP contribution < -0.4 is 10.6 Å². The molecular weight excluding hydrogens is 391 g/mol. The van der Waals surface area contributed by atoms with E-state index < -0.39 is 0 Å². The Morgan fingerprint density at radius 2 is 1.83 bits per heavy atom. The van der Waals surface area contributed by atoms with Crippen LogP contribution in [0, 0.1) is 18.7 Å². The molecule has 3 aromatic rings. The lowest BCUT2D eigenvalue weighted by atomic mass is 9.87. The van der Waals surface area contributed by atoms with E-state index in [1.165, 1.54) is 12.1 Å². The smallest absolute Gasteiger partial charge is 0.229 e. The largest absolute Gasteiger partial charge is 0.339 e. The van der Waals surface area contributed by atoms with E-state index >= 15 is 0 Å². The third-order valence-corrected chi connectivity index (χ3v) is 5.37. The van der Waals surface area contributed by atoms with Crippen LogP contribution in [0.3, 0.4) is 0 Å². The highest BCUT2D eigenvalue weighted by atomic mass is 35.5. The first kappa shape index (κ1) is 19.3. The lowest BCUT2D eigenvalue weighted by molar-refractivity contribution is 0.0953. The molecule has 2 aromatic carbocycles. The molecule has 0 fully saturated rings. The van der Waals surface area contributed by atoms with Gasteiger partial charge >= 0.3 is 0 Å². The average Bonchev–Trinajstić information content (AvgIpc) is 2.66. The van der Waals surface area contributed by atoms with Crippen LogP contribution in [0.15, 0.2) is 42.5 Å². The molecule has 1 aliphatic carbocycles. The van der Waals surface area contributed by atoms with Crippen LogP contribution in [-0.2, 0) is 6.42 Å². The Morgan fingerprint density at radius 3 is 2.59 bits per heavy atom. The van der Waals surface area contributed by atoms with Crippen LogP contribution in [-0.4, -0.2) is 15.8 Å². The summed E-state index contributed by atoms with van der Waals surface area (Å²) in [7, 11) is 0. The second-order valence-corrected chi connectivity index (χ2v) is 7.73. The number of carbonyl (C=O) groups excluding carboxylic acids is 1. The van der Waals surface area contributed by atoms with E-state index in [1.807, 2.05) is 32.0 Å². The van der Waals surface area contributed by atoms with Crippen LogP contribution in [0.4, 0.5) is 27.5 Å². The lowest BCUT2D eigenvalue weighted by Crippen LogP contribution is -2.22. The van der Waals surface area contributed by atoms with Crippen LogP contribution in [0.2, 0.25) is 5.02 Å². The fourth-order valence-corrected chi connectivity index (χ4v) is 3.62. The van der Waals surface area contributed by atoms with Gasteiger partial charge in [-0.25, -0.2) is 9.37 Å². The molecule has 5 nitrogen and oxygen atoms in total. The van der Waals surface area contributed by atoms with Gasteiger partial charge in [0.05, 0.1) is 11.3 Å². The molecule has 0 aliphatic heterocycles. The quantitative estimate of drug-likeness (QED) is 0.566. The summed E-state index contributed by atoms with van der Waals surface area (Å²) in [5, 5.41) is 6.99. The number of aromatic nitrogens is 2. The Morgan fingerprint density at radius 1 is 1.07 bits per heavy atom. The predicted molar refractivity (Wildman–Crippen MR) is 113 cm³/mol. The number of benzene rings is 2. The molecule has 148 valence electrons. The fraction of sp³-hybridized carbons (Fsp3) is 0.227. The third-order valence-electron chi connectivity index (χ3n) is 4.96. The molecule has 0 saturated heterocycles. The van der Waals surface area contributed by atoms with Gasteiger partial charge in [0, 0.05) is 22.8 Å². The molecule has 1 aromatic heterocycles. The normalized spacial score (nSPS) is 15.7. The maximum absolute atomic E-state index is 13.2. The molecular formula is C22H20ClFN4O. The Bertz CT molecular complexity index is 1080. The number of carbonyl (C=O) groups is 1. The number of nitrogens with one attached hydrogen (secondary N) is 2. The molecule has 7 heteroatoms. The number of rotatable bonds is 4. The molecule has 29 heavy (non-hydrogen) atoms. The maximum atomic E-state index is 13.2. The van der Waals surface area contributed by atoms with Gasteiger partial charge in [-0.15, -0.1) is 0 Å². The first-order valence-electron chi connectivity index (χ1n) is 9.39. The molecule has 0 spiro atoms. The third kappa shape index (κ3) is 4.07. The van der Waals surface area contributed by atoms with Crippen molar-refractivity contribution in [3.63, 3.8) is 0 Å². The van der Waals surface area contributed by atoms with E-state index in [0.29, 0.717) is 46.6 Å². The van der Waals surface area contributed by atoms with Crippen molar-refractivity contribution in [3.8, 4) is 0 Å². The molecule has 1 unspecified atom stereocenters. The van der Waals surface area contributed by atoms with Gasteiger partial charge < -0.3 is 10.6 Å². The highest BCUT2D eigenvalue weighted by molar-refractivity contribution is 6.31. The number of fused-ring (bicyclic) bond motifs is 1. The number of halogens is 2. The van der Waals surface area contributed by atoms with E-state index in [9.17, 15) is 9.18 Å². The lowest BCUT2D eigenvalue weighted by Gasteiger charge is -2.23. The Balaban J connectivity index is 1.77. The van der Waals surface area contributed by atoms with Gasteiger partial charge in [0.1, 0.15) is 11.6 Å². The maximum Gasteiger partial charge on any atom is 0.229 e. The minimum Gasteiger partial charge on any atom is -0.339 e. The zero-order chi connectivity index (χ0) is 20.5. The number of ketones is 1. The van der Waals surface area contributed by atoms with E-state index in [4.69, 9.17) is 11.6 Å². The summed E-state index contributed by atoms with van der Waals surface area (Å²) >= 11 is 6.24. The Labute approximate surface area is 173 Å². The van der Waals surface area contributed by atoms with Gasteiger partial charge in [-0.05, 0) is 61.2 Å². The van der Waals surface area contributed by atoms with Crippen molar-refractivity contribution in [2.24, 2.45) is 5.92 Å². The molecule has 4 rings (SSSR count). The summed E-state index contributed by atoms with van der Waals surface area (Å²) < 4.78 is 13.2. The van der Waals surface area contributed by atoms with Crippen molar-refractivity contribution in [3.05, 3.63) is 70.1 Å². The zero-order valence-electron chi connectivity index (χ0n) is 16.1. The second-order valence-electron chi connectivity index (χ2n) is 7.32. The van der Waals surface area contributed by atoms with Gasteiger partial charge in [0.2, 0.25) is 5.95 Å². The number of anilines is 4. The molecule has 2 N–H and O–H groups in total. The van der Waals surface area contributed by atoms with Gasteiger partial charge in [-0.3, -0.25) is 4.79 Å². The van der Waals surface area contributed by atoms with Gasteiger partial charge in [0.15, 0.2) is 5.78 Å². The Kier molecular flexibility index (Phi) is 5.20. The second kappa shape index (κ2) is 7.79. The molecule has 0 bridgehead atoms. The minimum absolute atomic E-state index is 0.0225. The highest BCUT2D eigenvalue weighted by Gasteiger charge is 2.28. The molecule has 1 aliphatic rings. The molecule has 0 radical (unpaired) electrons. The van der Waals surface area contributed by atoms with Crippen LogP contribution in [0.5, 0.6) is 0 Å². The summed E-state index contributed by atoms with van der Waals surface area (Å²) in [5.74, 6) is 0.708. The van der Waals surface area contributed by atoms with Crippen molar-refractivity contribution < 1.29 is 9.18 Å².